The van der Waals surface area contributed by atoms with Crippen LogP contribution in [0.5, 0.6) is 0 Å². The quantitative estimate of drug-likeness (QED) is 0.649. The van der Waals surface area contributed by atoms with Crippen LogP contribution in [0.3, 0.4) is 0 Å². The molecular weight excluding hydrogens is 316 g/mol. The number of nitrogens with zero attached hydrogens (tertiary/aromatic N) is 1. The van der Waals surface area contributed by atoms with Crippen molar-refractivity contribution in [2.75, 3.05) is 0 Å². The largest absolute Gasteiger partial charge is 0.270 e. The molecule has 0 aliphatic carbocycles. The molecule has 0 heterocycles. The smallest absolute Gasteiger partial charge is 0.258 e. The van der Waals surface area contributed by atoms with Crippen LogP contribution in [-0.2, 0) is 16.6 Å². The van der Waals surface area contributed by atoms with Crippen molar-refractivity contribution in [2.45, 2.75) is 31.2 Å². The number of non-ortho nitro benzene ring substituents is 1. The molecule has 0 aromatic heterocycles. The third kappa shape index (κ3) is 4.37. The number of rotatable bonds is 6. The lowest BCUT2D eigenvalue weighted by Gasteiger charge is -2.09. The van der Waals surface area contributed by atoms with Crippen LogP contribution in [0, 0.1) is 10.1 Å². The molecule has 1 N–H and O–H groups in total. The van der Waals surface area contributed by atoms with Crippen molar-refractivity contribution in [2.24, 2.45) is 0 Å². The molecule has 0 saturated heterocycles. The third-order valence-electron chi connectivity index (χ3n) is 3.45. The number of hydrogen-bond donors (Lipinski definition) is 1. The van der Waals surface area contributed by atoms with E-state index < -0.39 is 14.9 Å². The molecule has 122 valence electrons. The Kier molecular flexibility index (Phi) is 5.12. The molecule has 2 aromatic carbocycles. The molecule has 0 unspecified atom stereocenters. The number of hydrogen-bond acceptors (Lipinski definition) is 4. The molecular formula is C16H18N2O4S. The summed E-state index contributed by atoms with van der Waals surface area (Å²) in [6.45, 7) is 4.30. The van der Waals surface area contributed by atoms with Crippen molar-refractivity contribution in [3.8, 4) is 0 Å². The Balaban J connectivity index is 2.12. The average Bonchev–Trinajstić information content (AvgIpc) is 2.53. The highest BCUT2D eigenvalue weighted by Crippen LogP contribution is 2.18. The number of sulfonamides is 1. The number of nitro groups is 1. The second-order valence-corrected chi connectivity index (χ2v) is 7.24. The van der Waals surface area contributed by atoms with Gasteiger partial charge in [-0.25, -0.2) is 13.1 Å². The van der Waals surface area contributed by atoms with E-state index in [-0.39, 0.29) is 17.1 Å². The Morgan fingerprint density at radius 3 is 2.35 bits per heavy atom. The Bertz CT molecular complexity index is 799. The van der Waals surface area contributed by atoms with E-state index in [0.717, 1.165) is 11.6 Å². The number of nitrogens with one attached hydrogen (secondary N) is 1. The van der Waals surface area contributed by atoms with Gasteiger partial charge in [-0.15, -0.1) is 0 Å². The summed E-state index contributed by atoms with van der Waals surface area (Å²) < 4.78 is 26.9. The summed E-state index contributed by atoms with van der Waals surface area (Å²) in [5.41, 5.74) is 1.74. The standard InChI is InChI=1S/C16H18N2O4S/c1-12(2)14-8-6-13(7-9-14)11-17-23(21,22)16-5-3-4-15(10-16)18(19)20/h3-10,12,17H,11H2,1-2H3. The first kappa shape index (κ1) is 17.1. The summed E-state index contributed by atoms with van der Waals surface area (Å²) in [5, 5.41) is 10.7. The molecule has 0 fully saturated rings. The van der Waals surface area contributed by atoms with E-state index in [9.17, 15) is 18.5 Å². The van der Waals surface area contributed by atoms with E-state index in [1.165, 1.54) is 23.8 Å². The molecule has 2 aromatic rings. The van der Waals surface area contributed by atoms with Crippen molar-refractivity contribution >= 4 is 15.7 Å². The number of benzene rings is 2. The predicted octanol–water partition coefficient (Wildman–Crippen LogP) is 3.20. The van der Waals surface area contributed by atoms with E-state index in [1.807, 2.05) is 24.3 Å². The minimum Gasteiger partial charge on any atom is -0.258 e. The van der Waals surface area contributed by atoms with Gasteiger partial charge in [0, 0.05) is 18.7 Å². The van der Waals surface area contributed by atoms with Crippen molar-refractivity contribution in [1.82, 2.24) is 4.72 Å². The molecule has 0 radical (unpaired) electrons. The summed E-state index contributed by atoms with van der Waals surface area (Å²) >= 11 is 0. The molecule has 0 bridgehead atoms. The highest BCUT2D eigenvalue weighted by molar-refractivity contribution is 7.89. The van der Waals surface area contributed by atoms with Gasteiger partial charge in [0.2, 0.25) is 10.0 Å². The summed E-state index contributed by atoms with van der Waals surface area (Å²) in [7, 11) is -3.80. The first-order valence-corrected chi connectivity index (χ1v) is 8.61. The van der Waals surface area contributed by atoms with E-state index in [1.54, 1.807) is 0 Å². The number of nitro benzene ring substituents is 1. The maximum Gasteiger partial charge on any atom is 0.270 e. The third-order valence-corrected chi connectivity index (χ3v) is 4.85. The Morgan fingerprint density at radius 2 is 1.78 bits per heavy atom. The van der Waals surface area contributed by atoms with Crippen LogP contribution in [0.1, 0.15) is 30.9 Å². The Hall–Kier alpha value is -2.25. The normalized spacial score (nSPS) is 11.6. The minimum atomic E-state index is -3.80. The van der Waals surface area contributed by atoms with Gasteiger partial charge in [-0.1, -0.05) is 44.2 Å². The van der Waals surface area contributed by atoms with Crippen LogP contribution in [0.25, 0.3) is 0 Å². The molecule has 2 rings (SSSR count). The summed E-state index contributed by atoms with van der Waals surface area (Å²) in [6.07, 6.45) is 0. The van der Waals surface area contributed by atoms with Crippen molar-refractivity contribution in [1.29, 1.82) is 0 Å². The van der Waals surface area contributed by atoms with Gasteiger partial charge in [-0.05, 0) is 23.1 Å². The maximum absolute atomic E-state index is 12.2. The molecule has 0 spiro atoms. The van der Waals surface area contributed by atoms with Gasteiger partial charge in [-0.2, -0.15) is 0 Å². The van der Waals surface area contributed by atoms with Gasteiger partial charge >= 0.3 is 0 Å². The van der Waals surface area contributed by atoms with Gasteiger partial charge in [0.25, 0.3) is 5.69 Å². The molecule has 23 heavy (non-hydrogen) atoms. The SMILES string of the molecule is CC(C)c1ccc(CNS(=O)(=O)c2cccc([N+](=O)[O-])c2)cc1. The second kappa shape index (κ2) is 6.89. The molecule has 6 nitrogen and oxygen atoms in total. The highest BCUT2D eigenvalue weighted by Gasteiger charge is 2.17. The Labute approximate surface area is 135 Å². The monoisotopic (exact) mass is 334 g/mol. The van der Waals surface area contributed by atoms with Crippen molar-refractivity contribution < 1.29 is 13.3 Å². The summed E-state index contributed by atoms with van der Waals surface area (Å²) in [6, 6.07) is 12.6. The molecule has 0 aliphatic heterocycles. The lowest BCUT2D eigenvalue weighted by Crippen LogP contribution is -2.23. The molecule has 7 heteroatoms. The highest BCUT2D eigenvalue weighted by atomic mass is 32.2. The first-order valence-electron chi connectivity index (χ1n) is 7.12. The van der Waals surface area contributed by atoms with Crippen molar-refractivity contribution in [3.05, 3.63) is 69.8 Å². The fourth-order valence-corrected chi connectivity index (χ4v) is 3.10. The van der Waals surface area contributed by atoms with Crippen LogP contribution in [-0.4, -0.2) is 13.3 Å². The minimum absolute atomic E-state index is 0.120. The van der Waals surface area contributed by atoms with Crippen LogP contribution >= 0.6 is 0 Å². The van der Waals surface area contributed by atoms with E-state index >= 15 is 0 Å². The molecule has 0 aliphatic rings. The van der Waals surface area contributed by atoms with E-state index in [2.05, 4.69) is 18.6 Å². The van der Waals surface area contributed by atoms with Gasteiger partial charge in [0.15, 0.2) is 0 Å². The molecule has 0 atom stereocenters. The van der Waals surface area contributed by atoms with Gasteiger partial charge in [0.1, 0.15) is 0 Å². The van der Waals surface area contributed by atoms with Gasteiger partial charge in [-0.3, -0.25) is 10.1 Å². The van der Waals surface area contributed by atoms with Gasteiger partial charge < -0.3 is 0 Å². The van der Waals surface area contributed by atoms with Crippen molar-refractivity contribution in [3.63, 3.8) is 0 Å². The molecule has 0 saturated carbocycles. The zero-order chi connectivity index (χ0) is 17.0. The summed E-state index contributed by atoms with van der Waals surface area (Å²) in [5.74, 6) is 0.408. The maximum atomic E-state index is 12.2. The zero-order valence-electron chi connectivity index (χ0n) is 12.9. The fraction of sp³-hybridized carbons (Fsp3) is 0.250. The first-order chi connectivity index (χ1) is 10.8. The second-order valence-electron chi connectivity index (χ2n) is 5.48. The van der Waals surface area contributed by atoms with E-state index in [4.69, 9.17) is 0 Å². The topological polar surface area (TPSA) is 89.3 Å². The summed E-state index contributed by atoms with van der Waals surface area (Å²) in [4.78, 5) is 10.00. The fourth-order valence-electron chi connectivity index (χ4n) is 2.05. The zero-order valence-corrected chi connectivity index (χ0v) is 13.7. The lowest BCUT2D eigenvalue weighted by atomic mass is 10.0. The van der Waals surface area contributed by atoms with Crippen LogP contribution in [0.4, 0.5) is 5.69 Å². The lowest BCUT2D eigenvalue weighted by molar-refractivity contribution is -0.385. The van der Waals surface area contributed by atoms with Crippen LogP contribution < -0.4 is 4.72 Å². The van der Waals surface area contributed by atoms with Gasteiger partial charge in [0.05, 0.1) is 9.82 Å². The van der Waals surface area contributed by atoms with E-state index in [0.29, 0.717) is 5.92 Å². The van der Waals surface area contributed by atoms with Crippen LogP contribution in [0.15, 0.2) is 53.4 Å². The van der Waals surface area contributed by atoms with Crippen LogP contribution in [0.2, 0.25) is 0 Å². The Morgan fingerprint density at radius 1 is 1.13 bits per heavy atom. The average molecular weight is 334 g/mol. The predicted molar refractivity (Wildman–Crippen MR) is 87.7 cm³/mol. The molecule has 0 amide bonds.